The quantitative estimate of drug-likeness (QED) is 0.105. The van der Waals surface area contributed by atoms with Crippen molar-refractivity contribution >= 4 is 19.3 Å². The molecule has 8 heteroatoms. The molecule has 0 radical (unpaired) electrons. The van der Waals surface area contributed by atoms with Gasteiger partial charge in [0.25, 0.3) is 0 Å². The molecule has 0 aliphatic rings. The molecule has 0 saturated heterocycles. The molecule has 42 heavy (non-hydrogen) atoms. The molecule has 2 atom stereocenters. The molecule has 218 valence electrons. The van der Waals surface area contributed by atoms with Crippen molar-refractivity contribution in [2.75, 3.05) is 6.16 Å². The molecule has 0 heterocycles. The van der Waals surface area contributed by atoms with Gasteiger partial charge in [0.15, 0.2) is 0 Å². The van der Waals surface area contributed by atoms with Crippen LogP contribution in [0.1, 0.15) is 35.1 Å². The molecule has 6 nitrogen and oxygen atoms in total. The van der Waals surface area contributed by atoms with Crippen LogP contribution in [0.15, 0.2) is 115 Å². The summed E-state index contributed by atoms with van der Waals surface area (Å²) in [4.78, 5) is 26.0. The van der Waals surface area contributed by atoms with Crippen LogP contribution >= 0.6 is 7.37 Å². The second-order valence-electron chi connectivity index (χ2n) is 9.98. The lowest BCUT2D eigenvalue weighted by molar-refractivity contribution is -0.150. The van der Waals surface area contributed by atoms with Gasteiger partial charge in [-0.2, -0.15) is 0 Å². The van der Waals surface area contributed by atoms with Gasteiger partial charge in [-0.15, -0.1) is 0 Å². The van der Waals surface area contributed by atoms with Gasteiger partial charge in [0, 0.05) is 12.6 Å². The van der Waals surface area contributed by atoms with Crippen LogP contribution in [0.3, 0.4) is 0 Å². The molecular formula is C34H34FO6P. The standard InChI is InChI=1S/C34H34FO6P/c35-32-19-11-10-18-30(32)25-42(38,41-24-29-16-8-3-9-17-29)26-31(34(37)40-23-28-14-6-2-7-15-28)20-21-33(36)39-22-27-12-4-1-5-13-27/h1-19,31H,20-26H2. The second kappa shape index (κ2) is 15.8. The zero-order valence-corrected chi connectivity index (χ0v) is 24.2. The van der Waals surface area contributed by atoms with Crippen LogP contribution in [0.5, 0.6) is 0 Å². The monoisotopic (exact) mass is 588 g/mol. The van der Waals surface area contributed by atoms with E-state index in [1.54, 1.807) is 18.2 Å². The number of hydrogen-bond acceptors (Lipinski definition) is 6. The van der Waals surface area contributed by atoms with Crippen LogP contribution in [0.2, 0.25) is 0 Å². The molecule has 2 unspecified atom stereocenters. The van der Waals surface area contributed by atoms with E-state index >= 15 is 0 Å². The summed E-state index contributed by atoms with van der Waals surface area (Å²) in [6, 6.07) is 33.7. The molecule has 0 fully saturated rings. The van der Waals surface area contributed by atoms with E-state index in [4.69, 9.17) is 14.0 Å². The van der Waals surface area contributed by atoms with Crippen molar-refractivity contribution in [2.24, 2.45) is 5.92 Å². The number of hydrogen-bond donors (Lipinski definition) is 0. The summed E-state index contributed by atoms with van der Waals surface area (Å²) < 4.78 is 46.0. The van der Waals surface area contributed by atoms with E-state index in [2.05, 4.69) is 0 Å². The zero-order chi connectivity index (χ0) is 29.6. The average molecular weight is 589 g/mol. The van der Waals surface area contributed by atoms with Gasteiger partial charge >= 0.3 is 11.9 Å². The van der Waals surface area contributed by atoms with Crippen molar-refractivity contribution in [2.45, 2.75) is 38.8 Å². The van der Waals surface area contributed by atoms with Gasteiger partial charge in [-0.05, 0) is 34.7 Å². The molecule has 0 aliphatic carbocycles. The lowest BCUT2D eigenvalue weighted by atomic mass is 10.1. The van der Waals surface area contributed by atoms with Gasteiger partial charge in [0.2, 0.25) is 7.37 Å². The number of benzene rings is 4. The smallest absolute Gasteiger partial charge is 0.309 e. The molecule has 0 aliphatic heterocycles. The highest BCUT2D eigenvalue weighted by Gasteiger charge is 2.34. The Balaban J connectivity index is 1.50. The molecule has 4 aromatic rings. The Bertz CT molecular complexity index is 1460. The van der Waals surface area contributed by atoms with E-state index in [1.165, 1.54) is 6.07 Å². The Hall–Kier alpha value is -4.06. The number of carbonyl (C=O) groups excluding carboxylic acids is 2. The Kier molecular flexibility index (Phi) is 11.6. The summed E-state index contributed by atoms with van der Waals surface area (Å²) in [7, 11) is -3.66. The third kappa shape index (κ3) is 10.1. The predicted molar refractivity (Wildman–Crippen MR) is 159 cm³/mol. The third-order valence-electron chi connectivity index (χ3n) is 6.67. The first-order valence-electron chi connectivity index (χ1n) is 13.8. The summed E-state index contributed by atoms with van der Waals surface area (Å²) in [5.41, 5.74) is 2.65. The molecule has 4 aromatic carbocycles. The number of ether oxygens (including phenoxy) is 2. The summed E-state index contributed by atoms with van der Waals surface area (Å²) in [5.74, 6) is -2.54. The molecule has 0 amide bonds. The van der Waals surface area contributed by atoms with E-state index in [9.17, 15) is 18.5 Å². The summed E-state index contributed by atoms with van der Waals surface area (Å²) in [5, 5.41) is 0. The average Bonchev–Trinajstić information content (AvgIpc) is 3.02. The van der Waals surface area contributed by atoms with Crippen molar-refractivity contribution in [1.82, 2.24) is 0 Å². The first-order chi connectivity index (χ1) is 20.4. The van der Waals surface area contributed by atoms with Gasteiger partial charge in [0.1, 0.15) is 19.0 Å². The van der Waals surface area contributed by atoms with Crippen molar-refractivity contribution in [3.63, 3.8) is 0 Å². The van der Waals surface area contributed by atoms with Gasteiger partial charge in [-0.1, -0.05) is 109 Å². The Labute approximate surface area is 245 Å². The first-order valence-corrected chi connectivity index (χ1v) is 15.8. The topological polar surface area (TPSA) is 78.9 Å². The highest BCUT2D eigenvalue weighted by atomic mass is 31.2. The molecule has 0 bridgehead atoms. The molecule has 0 spiro atoms. The fourth-order valence-corrected chi connectivity index (χ4v) is 6.87. The Morgan fingerprint density at radius 1 is 0.667 bits per heavy atom. The SMILES string of the molecule is O=C(CCC(CP(=O)(Cc1ccccc1F)OCc1ccccc1)C(=O)OCc1ccccc1)OCc1ccccc1. The number of carbonyl (C=O) groups is 2. The van der Waals surface area contributed by atoms with Gasteiger partial charge in [-0.25, -0.2) is 4.39 Å². The zero-order valence-electron chi connectivity index (χ0n) is 23.3. The van der Waals surface area contributed by atoms with Crippen LogP contribution in [0, 0.1) is 11.7 Å². The van der Waals surface area contributed by atoms with Crippen LogP contribution in [-0.4, -0.2) is 18.1 Å². The Morgan fingerprint density at radius 2 is 1.17 bits per heavy atom. The van der Waals surface area contributed by atoms with Gasteiger partial charge in [0.05, 0.1) is 18.7 Å². The summed E-state index contributed by atoms with van der Waals surface area (Å²) in [6.07, 6.45) is -0.464. The van der Waals surface area contributed by atoms with Crippen molar-refractivity contribution in [3.05, 3.63) is 143 Å². The maximum atomic E-state index is 14.6. The van der Waals surface area contributed by atoms with Crippen molar-refractivity contribution < 1.29 is 32.5 Å². The van der Waals surface area contributed by atoms with Crippen molar-refractivity contribution in [1.29, 1.82) is 0 Å². The first kappa shape index (κ1) is 30.9. The van der Waals surface area contributed by atoms with Gasteiger partial charge in [-0.3, -0.25) is 14.2 Å². The third-order valence-corrected chi connectivity index (χ3v) is 9.09. The van der Waals surface area contributed by atoms with E-state index in [0.717, 1.165) is 16.7 Å². The predicted octanol–water partition coefficient (Wildman–Crippen LogP) is 7.70. The number of halogens is 1. The van der Waals surface area contributed by atoms with E-state index in [1.807, 2.05) is 91.0 Å². The fourth-order valence-electron chi connectivity index (χ4n) is 4.38. The van der Waals surface area contributed by atoms with Crippen LogP contribution in [-0.2, 0) is 54.1 Å². The minimum Gasteiger partial charge on any atom is -0.461 e. The molecular weight excluding hydrogens is 554 g/mol. The highest BCUT2D eigenvalue weighted by molar-refractivity contribution is 7.58. The van der Waals surface area contributed by atoms with E-state index in [0.29, 0.717) is 0 Å². The molecule has 0 saturated carbocycles. The lowest BCUT2D eigenvalue weighted by Crippen LogP contribution is -2.24. The lowest BCUT2D eigenvalue weighted by Gasteiger charge is -2.24. The second-order valence-corrected chi connectivity index (χ2v) is 12.5. The minimum atomic E-state index is -3.66. The van der Waals surface area contributed by atoms with Crippen LogP contribution in [0.25, 0.3) is 0 Å². The Morgan fingerprint density at radius 3 is 1.74 bits per heavy atom. The van der Waals surface area contributed by atoms with Crippen LogP contribution in [0.4, 0.5) is 4.39 Å². The molecule has 4 rings (SSSR count). The highest BCUT2D eigenvalue weighted by Crippen LogP contribution is 2.53. The molecule has 0 N–H and O–H groups in total. The number of esters is 2. The summed E-state index contributed by atoms with van der Waals surface area (Å²) >= 11 is 0. The number of rotatable bonds is 15. The fraction of sp³-hybridized carbons (Fsp3) is 0.235. The maximum Gasteiger partial charge on any atom is 0.309 e. The normalized spacial score (nSPS) is 13.1. The summed E-state index contributed by atoms with van der Waals surface area (Å²) in [6.45, 7) is 0.156. The maximum absolute atomic E-state index is 14.6. The van der Waals surface area contributed by atoms with Crippen molar-refractivity contribution in [3.8, 4) is 0 Å². The molecule has 0 aromatic heterocycles. The van der Waals surface area contributed by atoms with E-state index in [-0.39, 0.29) is 50.5 Å². The largest absolute Gasteiger partial charge is 0.461 e. The van der Waals surface area contributed by atoms with Crippen LogP contribution < -0.4 is 0 Å². The van der Waals surface area contributed by atoms with Gasteiger partial charge < -0.3 is 14.0 Å². The minimum absolute atomic E-state index is 0.0249. The van der Waals surface area contributed by atoms with E-state index < -0.39 is 31.0 Å².